The summed E-state index contributed by atoms with van der Waals surface area (Å²) < 4.78 is 4.08. The van der Waals surface area contributed by atoms with Crippen molar-refractivity contribution in [3.8, 4) is 0 Å². The average Bonchev–Trinajstić information content (AvgIpc) is 2.32. The Kier molecular flexibility index (Phi) is 2.22. The van der Waals surface area contributed by atoms with Gasteiger partial charge >= 0.3 is 11.5 Å². The van der Waals surface area contributed by atoms with Crippen LogP contribution in [-0.4, -0.2) is 10.1 Å². The predicted octanol–water partition coefficient (Wildman–Crippen LogP) is 0.169. The Balaban J connectivity index is 3.04. The average molecular weight is 173 g/mol. The number of aromatic nitrogens is 2. The van der Waals surface area contributed by atoms with Crippen molar-refractivity contribution in [2.45, 2.75) is 19.8 Å². The highest BCUT2D eigenvalue weighted by Gasteiger charge is 2.29. The third-order valence-corrected chi connectivity index (χ3v) is 1.32. The number of rotatable bonds is 3. The Labute approximate surface area is 67.3 Å². The lowest BCUT2D eigenvalue weighted by atomic mass is 10.2. The molecule has 0 bridgehead atoms. The maximum Gasteiger partial charge on any atom is 0.490 e. The molecule has 0 aliphatic carbocycles. The summed E-state index contributed by atoms with van der Waals surface area (Å²) in [7, 11) is 0. The van der Waals surface area contributed by atoms with Crippen LogP contribution in [0.1, 0.15) is 19.0 Å². The van der Waals surface area contributed by atoms with E-state index in [4.69, 9.17) is 0 Å². The van der Waals surface area contributed by atoms with E-state index in [9.17, 15) is 15.3 Å². The first-order valence-electron chi connectivity index (χ1n) is 3.39. The first-order chi connectivity index (χ1) is 5.66. The lowest BCUT2D eigenvalue weighted by molar-refractivity contribution is -0.825. The van der Waals surface area contributed by atoms with E-state index in [1.54, 1.807) is 0 Å². The number of nitro groups is 1. The Morgan fingerprint density at radius 1 is 1.75 bits per heavy atom. The summed E-state index contributed by atoms with van der Waals surface area (Å²) >= 11 is 0. The van der Waals surface area contributed by atoms with Crippen molar-refractivity contribution in [2.75, 3.05) is 0 Å². The summed E-state index contributed by atoms with van der Waals surface area (Å²) in [6.07, 6.45) is 1.04. The molecule has 1 heterocycles. The highest BCUT2D eigenvalue weighted by atomic mass is 16.8. The molecule has 0 radical (unpaired) electrons. The molecule has 0 aliphatic heterocycles. The fraction of sp³-hybridized carbons (Fsp3) is 0.600. The molecule has 0 fully saturated rings. The molecule has 7 heteroatoms. The number of hydrogen-bond acceptors (Lipinski definition) is 5. The summed E-state index contributed by atoms with van der Waals surface area (Å²) in [5.74, 6) is -0.614. The first kappa shape index (κ1) is 8.44. The van der Waals surface area contributed by atoms with Crippen molar-refractivity contribution in [3.63, 3.8) is 0 Å². The van der Waals surface area contributed by atoms with E-state index < -0.39 is 10.7 Å². The molecule has 0 unspecified atom stereocenters. The van der Waals surface area contributed by atoms with Gasteiger partial charge in [0.05, 0.1) is 4.90 Å². The molecule has 1 rings (SSSR count). The predicted molar refractivity (Wildman–Crippen MR) is 36.1 cm³/mol. The number of nitrogens with zero attached hydrogens (tertiary/aromatic N) is 3. The van der Waals surface area contributed by atoms with E-state index in [0.29, 0.717) is 12.8 Å². The van der Waals surface area contributed by atoms with E-state index in [2.05, 4.69) is 9.79 Å². The van der Waals surface area contributed by atoms with Crippen molar-refractivity contribution in [1.29, 1.82) is 0 Å². The SMILES string of the molecule is CCCc1no[n+]([O-])c1[N+](=O)[O-]. The molecule has 0 N–H and O–H groups in total. The normalized spacial score (nSPS) is 10.1. The zero-order chi connectivity index (χ0) is 9.14. The van der Waals surface area contributed by atoms with Crippen LogP contribution >= 0.6 is 0 Å². The van der Waals surface area contributed by atoms with Crippen LogP contribution in [-0.2, 0) is 6.42 Å². The molecule has 0 atom stereocenters. The molecule has 0 spiro atoms. The van der Waals surface area contributed by atoms with Gasteiger partial charge in [-0.05, 0) is 6.42 Å². The minimum Gasteiger partial charge on any atom is -0.323 e. The topological polar surface area (TPSA) is 96.1 Å². The molecule has 66 valence electrons. The van der Waals surface area contributed by atoms with Gasteiger partial charge in [-0.3, -0.25) is 0 Å². The molecule has 7 nitrogen and oxygen atoms in total. The van der Waals surface area contributed by atoms with Crippen molar-refractivity contribution < 1.29 is 14.5 Å². The van der Waals surface area contributed by atoms with Gasteiger partial charge in [-0.1, -0.05) is 6.92 Å². The fourth-order valence-electron chi connectivity index (χ4n) is 0.838. The van der Waals surface area contributed by atoms with Crippen LogP contribution in [0.25, 0.3) is 0 Å². The van der Waals surface area contributed by atoms with Gasteiger partial charge in [-0.2, -0.15) is 4.63 Å². The summed E-state index contributed by atoms with van der Waals surface area (Å²) in [6, 6.07) is 0. The molecule has 1 aromatic rings. The minimum atomic E-state index is -0.797. The van der Waals surface area contributed by atoms with Crippen molar-refractivity contribution in [1.82, 2.24) is 5.16 Å². The Hall–Kier alpha value is -1.66. The summed E-state index contributed by atoms with van der Waals surface area (Å²) in [5, 5.41) is 24.1. The van der Waals surface area contributed by atoms with Crippen molar-refractivity contribution in [2.24, 2.45) is 0 Å². The van der Waals surface area contributed by atoms with Gasteiger partial charge in [-0.25, -0.2) is 0 Å². The van der Waals surface area contributed by atoms with Gasteiger partial charge < -0.3 is 15.3 Å². The van der Waals surface area contributed by atoms with Gasteiger partial charge in [-0.15, -0.1) is 0 Å². The lowest BCUT2D eigenvalue weighted by Gasteiger charge is -1.87. The second kappa shape index (κ2) is 3.16. The van der Waals surface area contributed by atoms with Crippen LogP contribution in [0.15, 0.2) is 4.63 Å². The van der Waals surface area contributed by atoms with Gasteiger partial charge in [0.2, 0.25) is 0 Å². The highest BCUT2D eigenvalue weighted by molar-refractivity contribution is 5.17. The van der Waals surface area contributed by atoms with E-state index in [0.717, 1.165) is 0 Å². The lowest BCUT2D eigenvalue weighted by Crippen LogP contribution is -2.26. The molecular weight excluding hydrogens is 166 g/mol. The molecule has 0 aliphatic rings. The molecule has 0 amide bonds. The van der Waals surface area contributed by atoms with Crippen molar-refractivity contribution in [3.05, 3.63) is 21.0 Å². The highest BCUT2D eigenvalue weighted by Crippen LogP contribution is 2.11. The molecule has 1 aromatic heterocycles. The summed E-state index contributed by atoms with van der Waals surface area (Å²) in [6.45, 7) is 1.83. The van der Waals surface area contributed by atoms with Crippen LogP contribution < -0.4 is 4.90 Å². The van der Waals surface area contributed by atoms with Gasteiger partial charge in [0.25, 0.3) is 0 Å². The summed E-state index contributed by atoms with van der Waals surface area (Å²) in [5.41, 5.74) is 0.0949. The van der Waals surface area contributed by atoms with E-state index in [1.807, 2.05) is 6.92 Å². The second-order valence-electron chi connectivity index (χ2n) is 2.21. The zero-order valence-electron chi connectivity index (χ0n) is 6.39. The molecule has 0 saturated carbocycles. The Bertz CT molecular complexity index is 295. The Morgan fingerprint density at radius 3 is 2.92 bits per heavy atom. The monoisotopic (exact) mass is 173 g/mol. The van der Waals surface area contributed by atoms with E-state index >= 15 is 0 Å². The van der Waals surface area contributed by atoms with E-state index in [-0.39, 0.29) is 10.6 Å². The molecule has 0 saturated heterocycles. The van der Waals surface area contributed by atoms with Gasteiger partial charge in [0, 0.05) is 11.3 Å². The Morgan fingerprint density at radius 2 is 2.42 bits per heavy atom. The zero-order valence-corrected chi connectivity index (χ0v) is 6.39. The second-order valence-corrected chi connectivity index (χ2v) is 2.21. The van der Waals surface area contributed by atoms with Gasteiger partial charge in [0.15, 0.2) is 0 Å². The smallest absolute Gasteiger partial charge is 0.323 e. The van der Waals surface area contributed by atoms with E-state index in [1.165, 1.54) is 0 Å². The first-order valence-corrected chi connectivity index (χ1v) is 3.39. The van der Waals surface area contributed by atoms with Gasteiger partial charge in [0.1, 0.15) is 5.16 Å². The maximum absolute atomic E-state index is 10.6. The quantitative estimate of drug-likeness (QED) is 0.368. The number of hydrogen-bond donors (Lipinski definition) is 0. The standard InChI is InChI=1S/C5H7N3O4/c1-2-3-4-5(7(9)10)8(11)12-6-4/h2-3H2,1H3. The third kappa shape index (κ3) is 1.34. The van der Waals surface area contributed by atoms with Crippen LogP contribution in [0.3, 0.4) is 0 Å². The fourth-order valence-corrected chi connectivity index (χ4v) is 0.838. The summed E-state index contributed by atoms with van der Waals surface area (Å²) in [4.78, 5) is 9.28. The third-order valence-electron chi connectivity index (χ3n) is 1.32. The molecular formula is C5H7N3O4. The van der Waals surface area contributed by atoms with Crippen LogP contribution in [0.5, 0.6) is 0 Å². The van der Waals surface area contributed by atoms with Crippen LogP contribution in [0, 0.1) is 15.3 Å². The minimum absolute atomic E-state index is 0.0949. The molecule has 0 aromatic carbocycles. The van der Waals surface area contributed by atoms with Crippen molar-refractivity contribution >= 4 is 5.82 Å². The largest absolute Gasteiger partial charge is 0.490 e. The van der Waals surface area contributed by atoms with Crippen LogP contribution in [0.4, 0.5) is 5.82 Å². The number of aryl methyl sites for hydroxylation is 1. The maximum atomic E-state index is 10.6. The molecule has 12 heavy (non-hydrogen) atoms. The van der Waals surface area contributed by atoms with Crippen LogP contribution in [0.2, 0.25) is 0 Å².